The zero-order valence-corrected chi connectivity index (χ0v) is 13.7. The molecule has 3 heterocycles. The second-order valence-corrected chi connectivity index (χ2v) is 7.63. The van der Waals surface area contributed by atoms with E-state index in [2.05, 4.69) is 15.1 Å². The van der Waals surface area contributed by atoms with Crippen LogP contribution in [0.3, 0.4) is 0 Å². The summed E-state index contributed by atoms with van der Waals surface area (Å²) in [6.45, 7) is -1.31. The Morgan fingerprint density at radius 3 is 2.48 bits per heavy atom. The highest BCUT2D eigenvalue weighted by Crippen LogP contribution is 2.27. The van der Waals surface area contributed by atoms with E-state index in [9.17, 15) is 21.6 Å². The number of rotatable bonds is 4. The van der Waals surface area contributed by atoms with Gasteiger partial charge in [0.15, 0.2) is 0 Å². The van der Waals surface area contributed by atoms with Crippen LogP contribution < -0.4 is 10.0 Å². The van der Waals surface area contributed by atoms with Crippen molar-refractivity contribution in [2.75, 3.05) is 0 Å². The molecule has 1 aromatic heterocycles. The zero-order valence-electron chi connectivity index (χ0n) is 12.1. The highest BCUT2D eigenvalue weighted by atomic mass is 35.5. The van der Waals surface area contributed by atoms with Crippen LogP contribution in [0.4, 0.5) is 13.2 Å². The average molecular weight is 375 g/mol. The lowest BCUT2D eigenvalue weighted by Gasteiger charge is -2.29. The molecule has 11 heteroatoms. The van der Waals surface area contributed by atoms with Gasteiger partial charge >= 0.3 is 6.18 Å². The normalized spacial score (nSPS) is 27.7. The summed E-state index contributed by atoms with van der Waals surface area (Å²) in [5.74, 6) is 0. The SMILES string of the molecule is Cl.O=S(=O)(NC1CC2CCC(C1)N2)c1cnn(CC(F)(F)F)c1. The van der Waals surface area contributed by atoms with Crippen molar-refractivity contribution in [2.24, 2.45) is 0 Å². The summed E-state index contributed by atoms with van der Waals surface area (Å²) >= 11 is 0. The minimum atomic E-state index is -4.44. The van der Waals surface area contributed by atoms with Crippen molar-refractivity contribution in [1.82, 2.24) is 19.8 Å². The van der Waals surface area contributed by atoms with Crippen LogP contribution in [0.1, 0.15) is 25.7 Å². The molecule has 132 valence electrons. The van der Waals surface area contributed by atoms with Gasteiger partial charge in [-0.2, -0.15) is 18.3 Å². The minimum absolute atomic E-state index is 0. The van der Waals surface area contributed by atoms with E-state index in [0.717, 1.165) is 25.2 Å². The third kappa shape index (κ3) is 4.59. The van der Waals surface area contributed by atoms with Crippen LogP contribution in [0, 0.1) is 0 Å². The van der Waals surface area contributed by atoms with Crippen LogP contribution in [-0.2, 0) is 16.6 Å². The maximum Gasteiger partial charge on any atom is 0.408 e. The third-order valence-corrected chi connectivity index (χ3v) is 5.53. The molecule has 2 aliphatic rings. The molecule has 0 aromatic carbocycles. The fourth-order valence-electron chi connectivity index (χ4n) is 3.19. The summed E-state index contributed by atoms with van der Waals surface area (Å²) in [6.07, 6.45) is 0.891. The quantitative estimate of drug-likeness (QED) is 0.836. The Labute approximate surface area is 138 Å². The predicted octanol–water partition coefficient (Wildman–Crippen LogP) is 1.43. The van der Waals surface area contributed by atoms with E-state index >= 15 is 0 Å². The summed E-state index contributed by atoms with van der Waals surface area (Å²) in [5.41, 5.74) is 0. The van der Waals surface area contributed by atoms with Crippen LogP contribution in [0.5, 0.6) is 0 Å². The first-order valence-corrected chi connectivity index (χ1v) is 8.57. The average Bonchev–Trinajstić information content (AvgIpc) is 2.94. The van der Waals surface area contributed by atoms with Crippen molar-refractivity contribution in [2.45, 2.75) is 61.4 Å². The summed E-state index contributed by atoms with van der Waals surface area (Å²) in [4.78, 5) is -0.234. The molecule has 3 rings (SSSR count). The molecule has 23 heavy (non-hydrogen) atoms. The Balaban J connectivity index is 0.00000192. The fraction of sp³-hybridized carbons (Fsp3) is 0.750. The standard InChI is InChI=1S/C12H17F3N4O2S.ClH/c13-12(14,15)7-19-6-11(5-16-19)22(20,21)18-10-3-8-1-2-9(4-10)17-8;/h5-6,8-10,17-18H,1-4,7H2;1H. The van der Waals surface area contributed by atoms with Gasteiger partial charge in [0.25, 0.3) is 0 Å². The minimum Gasteiger partial charge on any atom is -0.311 e. The molecular formula is C12H18ClF3N4O2S. The number of fused-ring (bicyclic) bond motifs is 2. The second kappa shape index (κ2) is 6.58. The monoisotopic (exact) mass is 374 g/mol. The van der Waals surface area contributed by atoms with Gasteiger partial charge in [0.2, 0.25) is 10.0 Å². The van der Waals surface area contributed by atoms with Gasteiger partial charge in [-0.1, -0.05) is 0 Å². The zero-order chi connectivity index (χ0) is 16.0. The van der Waals surface area contributed by atoms with Gasteiger partial charge in [-0.3, -0.25) is 4.68 Å². The maximum atomic E-state index is 12.3. The van der Waals surface area contributed by atoms with Crippen molar-refractivity contribution in [1.29, 1.82) is 0 Å². The second-order valence-electron chi connectivity index (χ2n) is 5.92. The van der Waals surface area contributed by atoms with E-state index in [0.29, 0.717) is 29.6 Å². The van der Waals surface area contributed by atoms with Gasteiger partial charge in [-0.15, -0.1) is 12.4 Å². The van der Waals surface area contributed by atoms with E-state index < -0.39 is 22.7 Å². The number of nitrogens with zero attached hydrogens (tertiary/aromatic N) is 2. The molecule has 1 aromatic rings. The first-order chi connectivity index (χ1) is 10.2. The molecule has 2 atom stereocenters. The topological polar surface area (TPSA) is 76.0 Å². The molecule has 2 bridgehead atoms. The molecule has 2 unspecified atom stereocenters. The summed E-state index contributed by atoms with van der Waals surface area (Å²) in [5, 5.41) is 6.87. The third-order valence-electron chi connectivity index (χ3n) is 4.06. The maximum absolute atomic E-state index is 12.3. The Morgan fingerprint density at radius 2 is 1.91 bits per heavy atom. The lowest BCUT2D eigenvalue weighted by Crippen LogP contribution is -2.47. The Hall–Kier alpha value is -0.840. The number of hydrogen-bond acceptors (Lipinski definition) is 4. The molecule has 6 nitrogen and oxygen atoms in total. The Kier molecular flexibility index (Phi) is 5.29. The molecule has 2 N–H and O–H groups in total. The Morgan fingerprint density at radius 1 is 1.30 bits per heavy atom. The number of nitrogens with one attached hydrogen (secondary N) is 2. The molecule has 0 spiro atoms. The van der Waals surface area contributed by atoms with Gasteiger partial charge in [-0.05, 0) is 25.7 Å². The van der Waals surface area contributed by atoms with E-state index in [1.54, 1.807) is 0 Å². The van der Waals surface area contributed by atoms with Crippen molar-refractivity contribution in [3.8, 4) is 0 Å². The molecule has 0 radical (unpaired) electrons. The molecular weight excluding hydrogens is 357 g/mol. The van der Waals surface area contributed by atoms with Gasteiger partial charge < -0.3 is 5.32 Å². The summed E-state index contributed by atoms with van der Waals surface area (Å²) in [7, 11) is -3.84. The number of sulfonamides is 1. The van der Waals surface area contributed by atoms with E-state index in [-0.39, 0.29) is 23.3 Å². The summed E-state index contributed by atoms with van der Waals surface area (Å²) < 4.78 is 64.5. The Bertz CT molecular complexity index is 637. The molecule has 2 saturated heterocycles. The van der Waals surface area contributed by atoms with Crippen LogP contribution in [-0.4, -0.2) is 42.5 Å². The highest BCUT2D eigenvalue weighted by molar-refractivity contribution is 7.89. The first kappa shape index (κ1) is 18.5. The van der Waals surface area contributed by atoms with E-state index in [1.165, 1.54) is 0 Å². The smallest absolute Gasteiger partial charge is 0.311 e. The van der Waals surface area contributed by atoms with Crippen molar-refractivity contribution < 1.29 is 21.6 Å². The molecule has 2 fully saturated rings. The fourth-order valence-corrected chi connectivity index (χ4v) is 4.41. The van der Waals surface area contributed by atoms with E-state index in [1.807, 2.05) is 0 Å². The van der Waals surface area contributed by atoms with Crippen molar-refractivity contribution in [3.63, 3.8) is 0 Å². The van der Waals surface area contributed by atoms with Crippen LogP contribution >= 0.6 is 12.4 Å². The number of halogens is 4. The lowest BCUT2D eigenvalue weighted by atomic mass is 10.0. The molecule has 0 saturated carbocycles. The first-order valence-electron chi connectivity index (χ1n) is 7.09. The van der Waals surface area contributed by atoms with Gasteiger partial charge in [0.1, 0.15) is 11.4 Å². The number of piperidine rings is 1. The lowest BCUT2D eigenvalue weighted by molar-refractivity contribution is -0.142. The highest BCUT2D eigenvalue weighted by Gasteiger charge is 2.36. The van der Waals surface area contributed by atoms with Crippen LogP contribution in [0.2, 0.25) is 0 Å². The predicted molar refractivity (Wildman–Crippen MR) is 78.8 cm³/mol. The van der Waals surface area contributed by atoms with Gasteiger partial charge in [0.05, 0.1) is 6.20 Å². The summed E-state index contributed by atoms with van der Waals surface area (Å²) in [6, 6.07) is 0.452. The van der Waals surface area contributed by atoms with Gasteiger partial charge in [0, 0.05) is 24.3 Å². The number of hydrogen-bond donors (Lipinski definition) is 2. The van der Waals surface area contributed by atoms with Crippen LogP contribution in [0.25, 0.3) is 0 Å². The van der Waals surface area contributed by atoms with Crippen LogP contribution in [0.15, 0.2) is 17.3 Å². The van der Waals surface area contributed by atoms with Gasteiger partial charge in [-0.25, -0.2) is 13.1 Å². The molecule has 2 aliphatic heterocycles. The molecule has 0 aliphatic carbocycles. The van der Waals surface area contributed by atoms with E-state index in [4.69, 9.17) is 0 Å². The van der Waals surface area contributed by atoms with Crippen molar-refractivity contribution >= 4 is 22.4 Å². The molecule has 0 amide bonds. The van der Waals surface area contributed by atoms with Crippen molar-refractivity contribution in [3.05, 3.63) is 12.4 Å². The number of aromatic nitrogens is 2. The number of alkyl halides is 3. The largest absolute Gasteiger partial charge is 0.408 e.